The van der Waals surface area contributed by atoms with E-state index in [2.05, 4.69) is 25.5 Å². The molecule has 2 atom stereocenters. The zero-order valence-corrected chi connectivity index (χ0v) is 16.2. The van der Waals surface area contributed by atoms with E-state index < -0.39 is 0 Å². The number of pyridine rings is 2. The smallest absolute Gasteiger partial charge is 0.329 e. The molecule has 4 rings (SSSR count). The zero-order chi connectivity index (χ0) is 20.4. The largest absolute Gasteiger partial charge is 0.394 e. The molecular formula is C20H24N6O3. The molecule has 29 heavy (non-hydrogen) atoms. The number of carbonyl (C=O) groups excluding carboxylic acids is 2. The number of hydrogen-bond acceptors (Lipinski definition) is 6. The lowest BCUT2D eigenvalue weighted by atomic mass is 10.1. The maximum Gasteiger partial charge on any atom is 0.329 e. The quantitative estimate of drug-likeness (QED) is 0.708. The van der Waals surface area contributed by atoms with Crippen LogP contribution in [-0.2, 0) is 0 Å². The van der Waals surface area contributed by atoms with Gasteiger partial charge in [0.15, 0.2) is 5.82 Å². The molecule has 1 fully saturated rings. The molecule has 1 saturated heterocycles. The highest BCUT2D eigenvalue weighted by Crippen LogP contribution is 2.39. The Hall–Kier alpha value is -3.20. The van der Waals surface area contributed by atoms with Gasteiger partial charge in [-0.2, -0.15) is 0 Å². The summed E-state index contributed by atoms with van der Waals surface area (Å²) >= 11 is 0. The number of carbonyl (C=O) groups is 2. The van der Waals surface area contributed by atoms with Crippen LogP contribution in [-0.4, -0.2) is 58.8 Å². The maximum absolute atomic E-state index is 13.1. The topological polar surface area (TPSA) is 111 Å². The van der Waals surface area contributed by atoms with Crippen molar-refractivity contribution in [3.8, 4) is 0 Å². The number of urea groups is 1. The summed E-state index contributed by atoms with van der Waals surface area (Å²) in [5.74, 6) is 0.561. The minimum absolute atomic E-state index is 0.0159. The summed E-state index contributed by atoms with van der Waals surface area (Å²) in [5.41, 5.74) is 1.05. The van der Waals surface area contributed by atoms with Gasteiger partial charge >= 0.3 is 6.03 Å². The standard InChI is InChI=1S/C20H24N6O3/c1-2-13(12-27)22-19(28)15-6-7-16-18(23-15)26(14-8-10-25(16)11-14)20(29)24-17-5-3-4-9-21-17/h3-7,9,13-14,27H,2,8,10-12H2,1H3,(H,22,28)(H,21,24,29)/t13-,14-/m0/s1. The molecule has 2 aromatic heterocycles. The van der Waals surface area contributed by atoms with Gasteiger partial charge in [-0.1, -0.05) is 13.0 Å². The zero-order valence-electron chi connectivity index (χ0n) is 16.2. The molecule has 2 aromatic rings. The molecule has 0 spiro atoms. The molecule has 2 bridgehead atoms. The van der Waals surface area contributed by atoms with Crippen LogP contribution in [0.1, 0.15) is 30.3 Å². The van der Waals surface area contributed by atoms with Crippen molar-refractivity contribution in [3.05, 3.63) is 42.2 Å². The summed E-state index contributed by atoms with van der Waals surface area (Å²) in [4.78, 5) is 38.1. The van der Waals surface area contributed by atoms with Crippen molar-refractivity contribution in [2.45, 2.75) is 31.8 Å². The van der Waals surface area contributed by atoms with Crippen LogP contribution in [0.3, 0.4) is 0 Å². The first-order valence-corrected chi connectivity index (χ1v) is 9.79. The third-order valence-electron chi connectivity index (χ3n) is 5.35. The lowest BCUT2D eigenvalue weighted by Crippen LogP contribution is -2.48. The average molecular weight is 396 g/mol. The van der Waals surface area contributed by atoms with Gasteiger partial charge in [-0.3, -0.25) is 15.0 Å². The lowest BCUT2D eigenvalue weighted by Gasteiger charge is -2.35. The molecule has 3 amide bonds. The van der Waals surface area contributed by atoms with Crippen LogP contribution >= 0.6 is 0 Å². The van der Waals surface area contributed by atoms with Crippen molar-refractivity contribution in [1.29, 1.82) is 0 Å². The lowest BCUT2D eigenvalue weighted by molar-refractivity contribution is 0.0910. The molecule has 0 unspecified atom stereocenters. The number of aromatic nitrogens is 2. The van der Waals surface area contributed by atoms with E-state index in [0.717, 1.165) is 25.2 Å². The molecule has 4 heterocycles. The average Bonchev–Trinajstić information content (AvgIpc) is 3.16. The molecule has 9 heteroatoms. The maximum atomic E-state index is 13.1. The third-order valence-corrected chi connectivity index (χ3v) is 5.35. The molecule has 152 valence electrons. The van der Waals surface area contributed by atoms with Crippen molar-refractivity contribution in [3.63, 3.8) is 0 Å². The first-order valence-electron chi connectivity index (χ1n) is 9.79. The third kappa shape index (κ3) is 3.73. The fourth-order valence-corrected chi connectivity index (χ4v) is 3.74. The summed E-state index contributed by atoms with van der Waals surface area (Å²) < 4.78 is 0. The minimum Gasteiger partial charge on any atom is -0.394 e. The van der Waals surface area contributed by atoms with Crippen LogP contribution in [0, 0.1) is 0 Å². The van der Waals surface area contributed by atoms with Gasteiger partial charge in [0, 0.05) is 19.3 Å². The van der Waals surface area contributed by atoms with Crippen LogP contribution < -0.4 is 20.4 Å². The van der Waals surface area contributed by atoms with Gasteiger partial charge in [-0.05, 0) is 37.1 Å². The SMILES string of the molecule is CC[C@@H](CO)NC(=O)c1ccc2c(n1)N(C(=O)Nc1ccccn1)[C@H]1CCN2C1. The Morgan fingerprint density at radius 2 is 2.17 bits per heavy atom. The molecule has 2 aliphatic rings. The van der Waals surface area contributed by atoms with Gasteiger partial charge in [0.25, 0.3) is 5.91 Å². The molecular weight excluding hydrogens is 372 g/mol. The molecule has 0 aliphatic carbocycles. The fraction of sp³-hybridized carbons (Fsp3) is 0.400. The summed E-state index contributed by atoms with van der Waals surface area (Å²) in [6.45, 7) is 3.32. The first-order chi connectivity index (χ1) is 14.1. The number of aliphatic hydroxyl groups is 1. The molecule has 0 aromatic carbocycles. The number of hydrogen-bond donors (Lipinski definition) is 3. The van der Waals surface area contributed by atoms with Gasteiger partial charge in [0.1, 0.15) is 11.5 Å². The van der Waals surface area contributed by atoms with Crippen LogP contribution in [0.15, 0.2) is 36.5 Å². The van der Waals surface area contributed by atoms with Crippen LogP contribution in [0.5, 0.6) is 0 Å². The van der Waals surface area contributed by atoms with E-state index >= 15 is 0 Å². The Labute approximate surface area is 168 Å². The van der Waals surface area contributed by atoms with Crippen molar-refractivity contribution in [2.24, 2.45) is 0 Å². The van der Waals surface area contributed by atoms with Crippen LogP contribution in [0.25, 0.3) is 0 Å². The van der Waals surface area contributed by atoms with Crippen molar-refractivity contribution < 1.29 is 14.7 Å². The summed E-state index contributed by atoms with van der Waals surface area (Å²) in [7, 11) is 0. The molecule has 2 aliphatic heterocycles. The summed E-state index contributed by atoms with van der Waals surface area (Å²) in [6.07, 6.45) is 3.06. The molecule has 9 nitrogen and oxygen atoms in total. The highest BCUT2D eigenvalue weighted by molar-refractivity contribution is 6.05. The number of rotatable bonds is 5. The van der Waals surface area contributed by atoms with Gasteiger partial charge < -0.3 is 15.3 Å². The number of nitrogens with zero attached hydrogens (tertiary/aromatic N) is 4. The van der Waals surface area contributed by atoms with E-state index in [-0.39, 0.29) is 36.3 Å². The van der Waals surface area contributed by atoms with Gasteiger partial charge in [0.2, 0.25) is 0 Å². The van der Waals surface area contributed by atoms with Crippen molar-refractivity contribution in [1.82, 2.24) is 15.3 Å². The van der Waals surface area contributed by atoms with Gasteiger partial charge in [0.05, 0.1) is 24.4 Å². The fourth-order valence-electron chi connectivity index (χ4n) is 3.74. The van der Waals surface area contributed by atoms with E-state index in [0.29, 0.717) is 18.1 Å². The number of aliphatic hydroxyl groups excluding tert-OH is 1. The van der Waals surface area contributed by atoms with E-state index in [9.17, 15) is 14.7 Å². The van der Waals surface area contributed by atoms with E-state index in [1.54, 1.807) is 35.4 Å². The van der Waals surface area contributed by atoms with Crippen molar-refractivity contribution >= 4 is 29.3 Å². The molecule has 3 N–H and O–H groups in total. The van der Waals surface area contributed by atoms with Crippen molar-refractivity contribution in [2.75, 3.05) is 34.8 Å². The second-order valence-electron chi connectivity index (χ2n) is 7.20. The summed E-state index contributed by atoms with van der Waals surface area (Å²) in [6, 6.07) is 8.14. The Morgan fingerprint density at radius 3 is 2.90 bits per heavy atom. The van der Waals surface area contributed by atoms with Crippen LogP contribution in [0.2, 0.25) is 0 Å². The predicted octanol–water partition coefficient (Wildman–Crippen LogP) is 1.61. The number of amides is 3. The summed E-state index contributed by atoms with van der Waals surface area (Å²) in [5, 5.41) is 14.9. The van der Waals surface area contributed by atoms with Crippen LogP contribution in [0.4, 0.5) is 22.1 Å². The number of anilines is 3. The Bertz CT molecular complexity index is 902. The predicted molar refractivity (Wildman–Crippen MR) is 109 cm³/mol. The minimum atomic E-state index is -0.369. The van der Waals surface area contributed by atoms with Gasteiger partial charge in [-0.25, -0.2) is 14.8 Å². The first kappa shape index (κ1) is 19.1. The van der Waals surface area contributed by atoms with E-state index in [1.165, 1.54) is 0 Å². The molecule has 0 saturated carbocycles. The van der Waals surface area contributed by atoms with E-state index in [4.69, 9.17) is 0 Å². The van der Waals surface area contributed by atoms with Gasteiger partial charge in [-0.15, -0.1) is 0 Å². The Balaban J connectivity index is 1.63. The second-order valence-corrected chi connectivity index (χ2v) is 7.20. The Morgan fingerprint density at radius 1 is 1.31 bits per heavy atom. The number of fused-ring (bicyclic) bond motifs is 4. The molecule has 0 radical (unpaired) electrons. The highest BCUT2D eigenvalue weighted by atomic mass is 16.3. The Kier molecular flexibility index (Phi) is 5.30. The second kappa shape index (κ2) is 8.04. The highest BCUT2D eigenvalue weighted by Gasteiger charge is 2.40. The number of nitrogens with one attached hydrogen (secondary N) is 2. The van der Waals surface area contributed by atoms with E-state index in [1.807, 2.05) is 13.0 Å². The monoisotopic (exact) mass is 396 g/mol. The normalized spacial score (nSPS) is 18.2.